The van der Waals surface area contributed by atoms with Gasteiger partial charge in [-0.2, -0.15) is 10.1 Å². The number of carbonyl (C=O) groups excluding carboxylic acids is 1. The standard InChI is InChI=1S/C14H15N5O3S/c1-18-9-4-10(21-2)11(22-3)5-12(9)23-14(18)17-13(20)6-19-8-15-7-16-19/h4-5,7-8H,6H2,1-3H3. The minimum absolute atomic E-state index is 0.0564. The zero-order valence-electron chi connectivity index (χ0n) is 12.9. The summed E-state index contributed by atoms with van der Waals surface area (Å²) in [5.74, 6) is 0.979. The topological polar surface area (TPSA) is 83.5 Å². The summed E-state index contributed by atoms with van der Waals surface area (Å²) < 4.78 is 14.9. The van der Waals surface area contributed by atoms with Crippen LogP contribution in [-0.4, -0.2) is 39.5 Å². The molecule has 0 unspecified atom stereocenters. The minimum Gasteiger partial charge on any atom is -0.493 e. The molecule has 23 heavy (non-hydrogen) atoms. The Morgan fingerprint density at radius 3 is 2.70 bits per heavy atom. The van der Waals surface area contributed by atoms with Crippen LogP contribution in [0.4, 0.5) is 0 Å². The molecule has 9 heteroatoms. The number of thiazole rings is 1. The molecule has 0 N–H and O–H groups in total. The van der Waals surface area contributed by atoms with Gasteiger partial charge in [0.15, 0.2) is 16.3 Å². The first-order valence-electron chi connectivity index (χ1n) is 6.74. The molecule has 8 nitrogen and oxygen atoms in total. The Hall–Kier alpha value is -2.68. The zero-order chi connectivity index (χ0) is 16.4. The summed E-state index contributed by atoms with van der Waals surface area (Å²) in [6, 6.07) is 3.74. The lowest BCUT2D eigenvalue weighted by Gasteiger charge is -2.07. The molecule has 1 aromatic carbocycles. The molecule has 0 saturated carbocycles. The molecule has 0 saturated heterocycles. The summed E-state index contributed by atoms with van der Waals surface area (Å²) in [4.78, 5) is 20.6. The summed E-state index contributed by atoms with van der Waals surface area (Å²) in [6.45, 7) is 0.0564. The largest absolute Gasteiger partial charge is 0.493 e. The molecular weight excluding hydrogens is 318 g/mol. The second kappa shape index (κ2) is 6.21. The van der Waals surface area contributed by atoms with Gasteiger partial charge in [0.25, 0.3) is 5.91 Å². The number of hydrogen-bond acceptors (Lipinski definition) is 6. The maximum absolute atomic E-state index is 12.0. The van der Waals surface area contributed by atoms with E-state index in [0.29, 0.717) is 16.3 Å². The Balaban J connectivity index is 2.02. The lowest BCUT2D eigenvalue weighted by Crippen LogP contribution is -2.16. The average Bonchev–Trinajstić information content (AvgIpc) is 3.15. The molecule has 120 valence electrons. The van der Waals surface area contributed by atoms with E-state index >= 15 is 0 Å². The highest BCUT2D eigenvalue weighted by molar-refractivity contribution is 7.16. The summed E-state index contributed by atoms with van der Waals surface area (Å²) in [5, 5.41) is 3.90. The van der Waals surface area contributed by atoms with E-state index in [4.69, 9.17) is 9.47 Å². The molecule has 0 atom stereocenters. The fourth-order valence-electron chi connectivity index (χ4n) is 2.16. The van der Waals surface area contributed by atoms with Gasteiger partial charge in [-0.05, 0) is 0 Å². The maximum atomic E-state index is 12.0. The van der Waals surface area contributed by atoms with E-state index in [2.05, 4.69) is 15.1 Å². The van der Waals surface area contributed by atoms with Crippen molar-refractivity contribution in [2.45, 2.75) is 6.54 Å². The average molecular weight is 333 g/mol. The van der Waals surface area contributed by atoms with Gasteiger partial charge < -0.3 is 14.0 Å². The number of hydrogen-bond donors (Lipinski definition) is 0. The SMILES string of the molecule is COc1cc2sc(=NC(=O)Cn3cncn3)n(C)c2cc1OC. The van der Waals surface area contributed by atoms with E-state index in [9.17, 15) is 4.79 Å². The number of amides is 1. The Morgan fingerprint density at radius 2 is 2.04 bits per heavy atom. The molecule has 3 rings (SSSR count). The molecule has 0 aliphatic carbocycles. The Bertz CT molecular complexity index is 911. The molecule has 1 amide bonds. The lowest BCUT2D eigenvalue weighted by molar-refractivity contribution is -0.118. The molecule has 0 fully saturated rings. The fourth-order valence-corrected chi connectivity index (χ4v) is 3.20. The summed E-state index contributed by atoms with van der Waals surface area (Å²) in [7, 11) is 5.03. The minimum atomic E-state index is -0.295. The van der Waals surface area contributed by atoms with Crippen molar-refractivity contribution in [1.29, 1.82) is 0 Å². The third-order valence-corrected chi connectivity index (χ3v) is 4.39. The van der Waals surface area contributed by atoms with E-state index in [1.54, 1.807) is 14.2 Å². The molecular formula is C14H15N5O3S. The lowest BCUT2D eigenvalue weighted by atomic mass is 10.3. The predicted octanol–water partition coefficient (Wildman–Crippen LogP) is 0.976. The van der Waals surface area contributed by atoms with Gasteiger partial charge in [0.2, 0.25) is 0 Å². The predicted molar refractivity (Wildman–Crippen MR) is 84.5 cm³/mol. The monoisotopic (exact) mass is 333 g/mol. The van der Waals surface area contributed by atoms with Gasteiger partial charge in [0.1, 0.15) is 19.2 Å². The van der Waals surface area contributed by atoms with E-state index in [1.807, 2.05) is 23.7 Å². The van der Waals surface area contributed by atoms with Crippen molar-refractivity contribution in [1.82, 2.24) is 19.3 Å². The molecule has 2 aromatic heterocycles. The van der Waals surface area contributed by atoms with E-state index in [-0.39, 0.29) is 12.5 Å². The highest BCUT2D eigenvalue weighted by Crippen LogP contribution is 2.32. The first kappa shape index (κ1) is 15.2. The number of benzene rings is 1. The van der Waals surface area contributed by atoms with Crippen LogP contribution in [0.5, 0.6) is 11.5 Å². The molecule has 0 aliphatic rings. The van der Waals surface area contributed by atoms with Gasteiger partial charge in [0, 0.05) is 19.2 Å². The number of aryl methyl sites for hydroxylation is 1. The summed E-state index contributed by atoms with van der Waals surface area (Å²) >= 11 is 1.41. The Morgan fingerprint density at radius 1 is 1.30 bits per heavy atom. The van der Waals surface area contributed by atoms with Crippen molar-refractivity contribution in [2.75, 3.05) is 14.2 Å². The number of nitrogens with zero attached hydrogens (tertiary/aromatic N) is 5. The number of aromatic nitrogens is 4. The Labute approximate surface area is 135 Å². The van der Waals surface area contributed by atoms with Gasteiger partial charge in [0.05, 0.1) is 24.4 Å². The number of carbonyl (C=O) groups is 1. The molecule has 2 heterocycles. The first-order valence-corrected chi connectivity index (χ1v) is 7.55. The van der Waals surface area contributed by atoms with Gasteiger partial charge in [-0.25, -0.2) is 9.67 Å². The zero-order valence-corrected chi connectivity index (χ0v) is 13.7. The van der Waals surface area contributed by atoms with Crippen LogP contribution < -0.4 is 14.3 Å². The quantitative estimate of drug-likeness (QED) is 0.710. The third-order valence-electron chi connectivity index (χ3n) is 3.30. The van der Waals surface area contributed by atoms with Gasteiger partial charge >= 0.3 is 0 Å². The molecule has 0 spiro atoms. The van der Waals surface area contributed by atoms with Crippen molar-refractivity contribution in [3.8, 4) is 11.5 Å². The van der Waals surface area contributed by atoms with Crippen LogP contribution in [0.15, 0.2) is 29.8 Å². The highest BCUT2D eigenvalue weighted by atomic mass is 32.1. The first-order chi connectivity index (χ1) is 11.1. The van der Waals surface area contributed by atoms with Gasteiger partial charge in [-0.1, -0.05) is 11.3 Å². The van der Waals surface area contributed by atoms with E-state index in [1.165, 1.54) is 28.7 Å². The van der Waals surface area contributed by atoms with Crippen LogP contribution >= 0.6 is 11.3 Å². The van der Waals surface area contributed by atoms with Crippen molar-refractivity contribution >= 4 is 27.5 Å². The normalized spacial score (nSPS) is 11.9. The van der Waals surface area contributed by atoms with E-state index in [0.717, 1.165) is 10.2 Å². The molecule has 0 aliphatic heterocycles. The number of methoxy groups -OCH3 is 2. The Kier molecular flexibility index (Phi) is 4.11. The molecule has 3 aromatic rings. The van der Waals surface area contributed by atoms with Crippen LogP contribution in [0.25, 0.3) is 10.2 Å². The van der Waals surface area contributed by atoms with Crippen molar-refractivity contribution in [3.05, 3.63) is 29.6 Å². The van der Waals surface area contributed by atoms with Crippen molar-refractivity contribution in [3.63, 3.8) is 0 Å². The van der Waals surface area contributed by atoms with Crippen molar-refractivity contribution < 1.29 is 14.3 Å². The van der Waals surface area contributed by atoms with E-state index < -0.39 is 0 Å². The summed E-state index contributed by atoms with van der Waals surface area (Å²) in [5.41, 5.74) is 0.917. The molecule has 0 radical (unpaired) electrons. The highest BCUT2D eigenvalue weighted by Gasteiger charge is 2.11. The van der Waals surface area contributed by atoms with Crippen LogP contribution in [-0.2, 0) is 18.4 Å². The number of rotatable bonds is 4. The van der Waals surface area contributed by atoms with Crippen LogP contribution in [0.1, 0.15) is 0 Å². The summed E-state index contributed by atoms with van der Waals surface area (Å²) in [6.07, 6.45) is 2.86. The molecule has 0 bridgehead atoms. The fraction of sp³-hybridized carbons (Fsp3) is 0.286. The van der Waals surface area contributed by atoms with Gasteiger partial charge in [-0.3, -0.25) is 4.79 Å². The van der Waals surface area contributed by atoms with Crippen LogP contribution in [0.3, 0.4) is 0 Å². The number of ether oxygens (including phenoxy) is 2. The van der Waals surface area contributed by atoms with Gasteiger partial charge in [-0.15, -0.1) is 0 Å². The maximum Gasteiger partial charge on any atom is 0.270 e. The van der Waals surface area contributed by atoms with Crippen molar-refractivity contribution in [2.24, 2.45) is 12.0 Å². The van der Waals surface area contributed by atoms with Crippen LogP contribution in [0.2, 0.25) is 0 Å². The smallest absolute Gasteiger partial charge is 0.270 e. The number of fused-ring (bicyclic) bond motifs is 1. The second-order valence-electron chi connectivity index (χ2n) is 4.72. The van der Waals surface area contributed by atoms with Crippen LogP contribution in [0, 0.1) is 0 Å². The second-order valence-corrected chi connectivity index (χ2v) is 5.73. The third kappa shape index (κ3) is 2.95.